The van der Waals surface area contributed by atoms with Gasteiger partial charge in [0.15, 0.2) is 0 Å². The summed E-state index contributed by atoms with van der Waals surface area (Å²) in [6.07, 6.45) is 0. The zero-order valence-corrected chi connectivity index (χ0v) is 18.3. The highest BCUT2D eigenvalue weighted by Crippen LogP contribution is 2.60. The van der Waals surface area contributed by atoms with Gasteiger partial charge < -0.3 is 18.1 Å². The number of piperazine rings is 1. The average Bonchev–Trinajstić information content (AvgIpc) is 2.54. The van der Waals surface area contributed by atoms with Gasteiger partial charge in [0.2, 0.25) is 0 Å². The maximum Gasteiger partial charge on any atom is 0.264 e. The van der Waals surface area contributed by atoms with E-state index in [1.165, 1.54) is 0 Å². The van der Waals surface area contributed by atoms with Gasteiger partial charge in [-0.15, -0.1) is 0 Å². The van der Waals surface area contributed by atoms with Crippen LogP contribution >= 0.6 is 13.3 Å². The topological polar surface area (TPSA) is 43.4 Å². The van der Waals surface area contributed by atoms with Crippen LogP contribution in [0.25, 0.3) is 0 Å². The molecule has 3 fully saturated rings. The number of rotatable bonds is 2. The summed E-state index contributed by atoms with van der Waals surface area (Å²) >= 11 is 11.4. The van der Waals surface area contributed by atoms with E-state index in [1.54, 1.807) is 0 Å². The predicted octanol–water partition coefficient (Wildman–Crippen LogP) is 3.20. The van der Waals surface area contributed by atoms with Crippen LogP contribution in [0.2, 0.25) is 0 Å². The lowest BCUT2D eigenvalue weighted by molar-refractivity contribution is 0.0289. The highest BCUT2D eigenvalue weighted by Gasteiger charge is 2.43. The fourth-order valence-electron chi connectivity index (χ4n) is 2.68. The van der Waals surface area contributed by atoms with Gasteiger partial charge in [0.1, 0.15) is 0 Å². The number of hydrogen-bond donors (Lipinski definition) is 0. The summed E-state index contributed by atoms with van der Waals surface area (Å²) in [4.78, 5) is 0. The van der Waals surface area contributed by atoms with Crippen molar-refractivity contribution in [3.05, 3.63) is 0 Å². The molecule has 24 heavy (non-hydrogen) atoms. The third-order valence-corrected chi connectivity index (χ3v) is 11.1. The molecule has 10 heteroatoms. The van der Waals surface area contributed by atoms with Gasteiger partial charge in [0.25, 0.3) is 13.3 Å². The van der Waals surface area contributed by atoms with E-state index in [-0.39, 0.29) is 10.8 Å². The van der Waals surface area contributed by atoms with Crippen LogP contribution in [0, 0.1) is 10.8 Å². The van der Waals surface area contributed by atoms with Crippen molar-refractivity contribution in [3.63, 3.8) is 0 Å². The standard InChI is InChI=1S/C14H28N2O4P2S2/c1-13(2)9-17-21(23,18-10-13)15-5-7-16(8-6-15)22(24)19-11-14(3,4)12-20-22/h5-12H2,1-4H3. The Kier molecular flexibility index (Phi) is 5.70. The second-order valence-corrected chi connectivity index (χ2v) is 15.1. The summed E-state index contributed by atoms with van der Waals surface area (Å²) in [6.45, 7) is 9.61. The van der Waals surface area contributed by atoms with Gasteiger partial charge in [0, 0.05) is 37.0 Å². The Morgan fingerprint density at radius 2 is 0.875 bits per heavy atom. The zero-order valence-electron chi connectivity index (χ0n) is 14.9. The minimum Gasteiger partial charge on any atom is -0.317 e. The van der Waals surface area contributed by atoms with Crippen molar-refractivity contribution in [2.75, 3.05) is 52.6 Å². The molecule has 0 aromatic rings. The minimum atomic E-state index is -2.34. The van der Waals surface area contributed by atoms with Crippen LogP contribution < -0.4 is 0 Å². The van der Waals surface area contributed by atoms with Crippen molar-refractivity contribution in [1.82, 2.24) is 9.34 Å². The van der Waals surface area contributed by atoms with Crippen molar-refractivity contribution >= 4 is 36.9 Å². The molecule has 0 N–H and O–H groups in total. The first-order valence-corrected chi connectivity index (χ1v) is 13.5. The third kappa shape index (κ3) is 4.30. The summed E-state index contributed by atoms with van der Waals surface area (Å²) in [5.74, 6) is 0. The molecule has 0 amide bonds. The SMILES string of the molecule is CC1(C)COP(=S)(N2CCN(P3(=S)OCC(C)(C)CO3)CC2)OC1. The smallest absolute Gasteiger partial charge is 0.264 e. The Morgan fingerprint density at radius 1 is 0.625 bits per heavy atom. The van der Waals surface area contributed by atoms with Crippen LogP contribution in [0.4, 0.5) is 0 Å². The molecule has 0 radical (unpaired) electrons. The van der Waals surface area contributed by atoms with E-state index in [0.29, 0.717) is 26.4 Å². The highest BCUT2D eigenvalue weighted by molar-refractivity contribution is 8.09. The van der Waals surface area contributed by atoms with Gasteiger partial charge in [-0.05, 0) is 23.6 Å². The van der Waals surface area contributed by atoms with Crippen LogP contribution in [0.3, 0.4) is 0 Å². The normalized spacial score (nSPS) is 33.2. The Morgan fingerprint density at radius 3 is 1.12 bits per heavy atom. The van der Waals surface area contributed by atoms with Gasteiger partial charge in [-0.2, -0.15) is 0 Å². The molecule has 3 rings (SSSR count). The Bertz CT molecular complexity index is 501. The number of nitrogens with zero attached hydrogens (tertiary/aromatic N) is 2. The quantitative estimate of drug-likeness (QED) is 0.639. The van der Waals surface area contributed by atoms with Gasteiger partial charge in [0.05, 0.1) is 26.4 Å². The largest absolute Gasteiger partial charge is 0.317 e. The molecule has 3 saturated heterocycles. The second-order valence-electron chi connectivity index (χ2n) is 8.27. The molecule has 0 unspecified atom stereocenters. The lowest BCUT2D eigenvalue weighted by atomic mass is 9.97. The lowest BCUT2D eigenvalue weighted by Gasteiger charge is -2.47. The molecule has 0 saturated carbocycles. The maximum atomic E-state index is 5.98. The lowest BCUT2D eigenvalue weighted by Crippen LogP contribution is -2.47. The fourth-order valence-corrected chi connectivity index (χ4v) is 8.49. The van der Waals surface area contributed by atoms with Gasteiger partial charge in [-0.25, -0.2) is 9.34 Å². The van der Waals surface area contributed by atoms with Crippen LogP contribution in [0.15, 0.2) is 0 Å². The van der Waals surface area contributed by atoms with Crippen molar-refractivity contribution in [1.29, 1.82) is 0 Å². The maximum absolute atomic E-state index is 5.98. The van der Waals surface area contributed by atoms with Crippen LogP contribution in [-0.4, -0.2) is 61.9 Å². The molecule has 0 spiro atoms. The zero-order chi connectivity index (χ0) is 17.6. The van der Waals surface area contributed by atoms with E-state index < -0.39 is 13.3 Å². The molecule has 3 aliphatic heterocycles. The Balaban J connectivity index is 1.57. The summed E-state index contributed by atoms with van der Waals surface area (Å²) in [5, 5.41) is 0. The Hall–Kier alpha value is 1.06. The summed E-state index contributed by atoms with van der Waals surface area (Å²) in [7, 11) is 0. The molecule has 3 heterocycles. The van der Waals surface area contributed by atoms with Gasteiger partial charge in [-0.3, -0.25) is 0 Å². The van der Waals surface area contributed by atoms with Crippen molar-refractivity contribution in [2.45, 2.75) is 27.7 Å². The average molecular weight is 414 g/mol. The first kappa shape index (κ1) is 19.8. The first-order chi connectivity index (χ1) is 11.0. The molecule has 6 nitrogen and oxygen atoms in total. The predicted molar refractivity (Wildman–Crippen MR) is 103 cm³/mol. The first-order valence-electron chi connectivity index (χ1n) is 8.33. The molecule has 0 aromatic heterocycles. The van der Waals surface area contributed by atoms with E-state index in [4.69, 9.17) is 41.7 Å². The molecule has 140 valence electrons. The summed E-state index contributed by atoms with van der Waals surface area (Å²) < 4.78 is 28.3. The van der Waals surface area contributed by atoms with Crippen LogP contribution in [0.1, 0.15) is 27.7 Å². The van der Waals surface area contributed by atoms with Crippen molar-refractivity contribution in [3.8, 4) is 0 Å². The van der Waals surface area contributed by atoms with Gasteiger partial charge >= 0.3 is 0 Å². The van der Waals surface area contributed by atoms with E-state index in [0.717, 1.165) is 26.2 Å². The molecular formula is C14H28N2O4P2S2. The summed E-state index contributed by atoms with van der Waals surface area (Å²) in [5.41, 5.74) is 0.0772. The van der Waals surface area contributed by atoms with Crippen molar-refractivity contribution < 1.29 is 18.1 Å². The molecular weight excluding hydrogens is 386 g/mol. The molecule has 0 aliphatic carbocycles. The van der Waals surface area contributed by atoms with E-state index >= 15 is 0 Å². The molecule has 0 atom stereocenters. The van der Waals surface area contributed by atoms with E-state index in [1.807, 2.05) is 0 Å². The molecule has 0 aromatic carbocycles. The van der Waals surface area contributed by atoms with E-state index in [9.17, 15) is 0 Å². The van der Waals surface area contributed by atoms with Crippen molar-refractivity contribution in [2.24, 2.45) is 10.8 Å². The highest BCUT2D eigenvalue weighted by atomic mass is 32.5. The molecule has 3 aliphatic rings. The third-order valence-electron chi connectivity index (χ3n) is 4.40. The van der Waals surface area contributed by atoms with Gasteiger partial charge in [-0.1, -0.05) is 27.7 Å². The van der Waals surface area contributed by atoms with E-state index in [2.05, 4.69) is 37.0 Å². The minimum absolute atomic E-state index is 0.0386. The molecule has 0 bridgehead atoms. The summed E-state index contributed by atoms with van der Waals surface area (Å²) in [6, 6.07) is 0. The second kappa shape index (κ2) is 6.90. The van der Waals surface area contributed by atoms with Crippen LogP contribution in [0.5, 0.6) is 0 Å². The Labute approximate surface area is 155 Å². The van der Waals surface area contributed by atoms with Crippen LogP contribution in [-0.2, 0) is 41.7 Å². The fraction of sp³-hybridized carbons (Fsp3) is 1.00. The monoisotopic (exact) mass is 414 g/mol. The number of hydrogen-bond acceptors (Lipinski definition) is 6.